The summed E-state index contributed by atoms with van der Waals surface area (Å²) in [5, 5.41) is 7.61. The number of rotatable bonds is 7. The normalized spacial score (nSPS) is 13.7. The van der Waals surface area contributed by atoms with Gasteiger partial charge in [0, 0.05) is 30.9 Å². The van der Waals surface area contributed by atoms with Gasteiger partial charge >= 0.3 is 0 Å². The molecule has 0 aliphatic carbocycles. The first-order chi connectivity index (χ1) is 17.1. The Morgan fingerprint density at radius 2 is 1.66 bits per heavy atom. The van der Waals surface area contributed by atoms with Crippen LogP contribution in [-0.2, 0) is 17.9 Å². The maximum absolute atomic E-state index is 6.64. The molecule has 0 bridgehead atoms. The third kappa shape index (κ3) is 5.62. The van der Waals surface area contributed by atoms with Gasteiger partial charge in [-0.3, -0.25) is 0 Å². The molecule has 4 aromatic carbocycles. The zero-order valence-corrected chi connectivity index (χ0v) is 21.3. The second-order valence-electron chi connectivity index (χ2n) is 8.42. The van der Waals surface area contributed by atoms with Crippen LogP contribution < -0.4 is 15.0 Å². The first-order valence-corrected chi connectivity index (χ1v) is 12.7. The average molecular weight is 528 g/mol. The molecule has 0 atom stereocenters. The number of morpholine rings is 1. The van der Waals surface area contributed by atoms with Crippen LogP contribution in [0.4, 0.5) is 11.4 Å². The Kier molecular flexibility index (Phi) is 7.54. The zero-order valence-electron chi connectivity index (χ0n) is 19.1. The van der Waals surface area contributed by atoms with Crippen molar-refractivity contribution in [1.29, 1.82) is 0 Å². The van der Waals surface area contributed by atoms with Crippen molar-refractivity contribution in [2.45, 2.75) is 13.2 Å². The summed E-state index contributed by atoms with van der Waals surface area (Å²) in [7, 11) is 0. The highest BCUT2D eigenvalue weighted by Gasteiger charge is 2.15. The minimum absolute atomic E-state index is 0.391. The molecule has 1 heterocycles. The molecule has 1 N–H and O–H groups in total. The van der Waals surface area contributed by atoms with E-state index >= 15 is 0 Å². The molecular formula is C28H25Cl3N2O2. The number of benzene rings is 4. The van der Waals surface area contributed by atoms with E-state index in [-0.39, 0.29) is 0 Å². The minimum atomic E-state index is 0.391. The molecule has 4 nitrogen and oxygen atoms in total. The monoisotopic (exact) mass is 526 g/mol. The van der Waals surface area contributed by atoms with Gasteiger partial charge in [0.2, 0.25) is 0 Å². The molecule has 1 saturated heterocycles. The lowest BCUT2D eigenvalue weighted by Gasteiger charge is -2.29. The Bertz CT molecular complexity index is 1340. The predicted octanol–water partition coefficient (Wildman–Crippen LogP) is 7.83. The number of nitrogens with zero attached hydrogens (tertiary/aromatic N) is 1. The molecule has 1 fully saturated rings. The molecule has 0 spiro atoms. The standard InChI is InChI=1S/C28H25Cl3N2O2/c29-24-8-5-19(15-25(24)30)18-35-28-10-6-20-3-1-2-4-22(20)23(28)17-32-21-7-9-27(26(31)16-21)33-11-13-34-14-12-33/h1-10,15-16,32H,11-14,17-18H2. The Morgan fingerprint density at radius 3 is 2.46 bits per heavy atom. The molecular weight excluding hydrogens is 503 g/mol. The van der Waals surface area contributed by atoms with Gasteiger partial charge in [0.15, 0.2) is 0 Å². The number of nitrogens with one attached hydrogen (secondary N) is 1. The fourth-order valence-electron chi connectivity index (χ4n) is 4.29. The quantitative estimate of drug-likeness (QED) is 0.265. The Hall–Kier alpha value is -2.63. The van der Waals surface area contributed by atoms with E-state index in [2.05, 4.69) is 40.5 Å². The number of halogens is 3. The van der Waals surface area contributed by atoms with E-state index in [1.165, 1.54) is 0 Å². The Balaban J connectivity index is 1.36. The molecule has 0 radical (unpaired) electrons. The number of fused-ring (bicyclic) bond motifs is 1. The second-order valence-corrected chi connectivity index (χ2v) is 9.64. The van der Waals surface area contributed by atoms with Crippen molar-refractivity contribution in [1.82, 2.24) is 0 Å². The van der Waals surface area contributed by atoms with Crippen LogP contribution in [0.5, 0.6) is 5.75 Å². The number of ether oxygens (including phenoxy) is 2. The van der Waals surface area contributed by atoms with E-state index in [1.807, 2.05) is 36.4 Å². The molecule has 4 aromatic rings. The highest BCUT2D eigenvalue weighted by atomic mass is 35.5. The summed E-state index contributed by atoms with van der Waals surface area (Å²) >= 11 is 18.9. The summed E-state index contributed by atoms with van der Waals surface area (Å²) in [5.41, 5.74) is 4.03. The highest BCUT2D eigenvalue weighted by molar-refractivity contribution is 6.42. The third-order valence-corrected chi connectivity index (χ3v) is 7.19. The van der Waals surface area contributed by atoms with Crippen molar-refractivity contribution in [3.63, 3.8) is 0 Å². The van der Waals surface area contributed by atoms with Gasteiger partial charge in [-0.2, -0.15) is 0 Å². The SMILES string of the molecule is Clc1ccc(COc2ccc3ccccc3c2CNc2ccc(N3CCOCC3)c(Cl)c2)cc1Cl. The smallest absolute Gasteiger partial charge is 0.125 e. The van der Waals surface area contributed by atoms with E-state index in [0.717, 1.165) is 70.3 Å². The molecule has 180 valence electrons. The van der Waals surface area contributed by atoms with Crippen LogP contribution >= 0.6 is 34.8 Å². The summed E-state index contributed by atoms with van der Waals surface area (Å²) in [6.07, 6.45) is 0. The van der Waals surface area contributed by atoms with Gasteiger partial charge in [-0.15, -0.1) is 0 Å². The van der Waals surface area contributed by atoms with Crippen LogP contribution in [0.1, 0.15) is 11.1 Å². The van der Waals surface area contributed by atoms with Crippen LogP contribution in [0, 0.1) is 0 Å². The first kappa shape index (κ1) is 24.1. The molecule has 0 amide bonds. The van der Waals surface area contributed by atoms with Crippen LogP contribution in [0.25, 0.3) is 10.8 Å². The second kappa shape index (κ2) is 11.0. The lowest BCUT2D eigenvalue weighted by Crippen LogP contribution is -2.36. The summed E-state index contributed by atoms with van der Waals surface area (Å²) in [4.78, 5) is 2.26. The molecule has 1 aliphatic rings. The average Bonchev–Trinajstić information content (AvgIpc) is 2.89. The highest BCUT2D eigenvalue weighted by Crippen LogP contribution is 2.33. The first-order valence-electron chi connectivity index (χ1n) is 11.5. The summed E-state index contributed by atoms with van der Waals surface area (Å²) < 4.78 is 11.7. The number of anilines is 2. The van der Waals surface area contributed by atoms with Gasteiger partial charge < -0.3 is 19.7 Å². The molecule has 1 aliphatic heterocycles. The van der Waals surface area contributed by atoms with Crippen molar-refractivity contribution in [3.8, 4) is 5.75 Å². The maximum Gasteiger partial charge on any atom is 0.125 e. The van der Waals surface area contributed by atoms with E-state index < -0.39 is 0 Å². The van der Waals surface area contributed by atoms with Gasteiger partial charge in [0.1, 0.15) is 12.4 Å². The van der Waals surface area contributed by atoms with Crippen molar-refractivity contribution in [3.05, 3.63) is 99.0 Å². The largest absolute Gasteiger partial charge is 0.489 e. The molecule has 7 heteroatoms. The summed E-state index contributed by atoms with van der Waals surface area (Å²) in [6.45, 7) is 4.13. The molecule has 0 aromatic heterocycles. The van der Waals surface area contributed by atoms with E-state index in [0.29, 0.717) is 23.2 Å². The Morgan fingerprint density at radius 1 is 0.829 bits per heavy atom. The predicted molar refractivity (Wildman–Crippen MR) is 147 cm³/mol. The molecule has 0 unspecified atom stereocenters. The van der Waals surface area contributed by atoms with Crippen LogP contribution in [0.15, 0.2) is 72.8 Å². The lowest BCUT2D eigenvalue weighted by molar-refractivity contribution is 0.122. The topological polar surface area (TPSA) is 33.7 Å². The molecule has 5 rings (SSSR count). The Labute approximate surface area is 220 Å². The van der Waals surface area contributed by atoms with Crippen LogP contribution in [0.2, 0.25) is 15.1 Å². The van der Waals surface area contributed by atoms with Crippen molar-refractivity contribution in [2.75, 3.05) is 36.5 Å². The number of hydrogen-bond acceptors (Lipinski definition) is 4. The van der Waals surface area contributed by atoms with Crippen LogP contribution in [0.3, 0.4) is 0 Å². The van der Waals surface area contributed by atoms with Gasteiger partial charge in [0.25, 0.3) is 0 Å². The van der Waals surface area contributed by atoms with Gasteiger partial charge in [-0.25, -0.2) is 0 Å². The summed E-state index contributed by atoms with van der Waals surface area (Å²) in [5.74, 6) is 0.818. The van der Waals surface area contributed by atoms with Gasteiger partial charge in [-0.1, -0.05) is 71.2 Å². The van der Waals surface area contributed by atoms with E-state index in [9.17, 15) is 0 Å². The van der Waals surface area contributed by atoms with Crippen molar-refractivity contribution in [2.24, 2.45) is 0 Å². The van der Waals surface area contributed by atoms with E-state index in [1.54, 1.807) is 6.07 Å². The molecule has 35 heavy (non-hydrogen) atoms. The zero-order chi connectivity index (χ0) is 24.2. The van der Waals surface area contributed by atoms with Crippen LogP contribution in [-0.4, -0.2) is 26.3 Å². The van der Waals surface area contributed by atoms with Gasteiger partial charge in [0.05, 0.1) is 34.0 Å². The maximum atomic E-state index is 6.64. The van der Waals surface area contributed by atoms with E-state index in [4.69, 9.17) is 44.3 Å². The van der Waals surface area contributed by atoms with Crippen molar-refractivity contribution < 1.29 is 9.47 Å². The van der Waals surface area contributed by atoms with Gasteiger partial charge in [-0.05, 0) is 52.7 Å². The lowest BCUT2D eigenvalue weighted by atomic mass is 10.0. The third-order valence-electron chi connectivity index (χ3n) is 6.14. The number of hydrogen-bond donors (Lipinski definition) is 1. The molecule has 0 saturated carbocycles. The minimum Gasteiger partial charge on any atom is -0.489 e. The fraction of sp³-hybridized carbons (Fsp3) is 0.214. The van der Waals surface area contributed by atoms with Crippen molar-refractivity contribution >= 4 is 57.0 Å². The fourth-order valence-corrected chi connectivity index (χ4v) is 4.91. The summed E-state index contributed by atoms with van der Waals surface area (Å²) in [6, 6.07) is 24.1.